The number of nitrogens with zero attached hydrogens (tertiary/aromatic N) is 3. The van der Waals surface area contributed by atoms with Gasteiger partial charge in [0.2, 0.25) is 0 Å². The highest BCUT2D eigenvalue weighted by Crippen LogP contribution is 2.15. The summed E-state index contributed by atoms with van der Waals surface area (Å²) in [5, 5.41) is 21.6. The van der Waals surface area contributed by atoms with Crippen LogP contribution in [0.2, 0.25) is 0 Å². The molecule has 0 aromatic carbocycles. The molecule has 9 heteroatoms. The molecule has 0 bridgehead atoms. The molecule has 2 fully saturated rings. The minimum Gasteiger partial charge on any atom is -0.450 e. The van der Waals surface area contributed by atoms with E-state index in [1.165, 1.54) is 0 Å². The van der Waals surface area contributed by atoms with Gasteiger partial charge in [0.1, 0.15) is 0 Å². The van der Waals surface area contributed by atoms with Crippen molar-refractivity contribution in [3.63, 3.8) is 0 Å². The summed E-state index contributed by atoms with van der Waals surface area (Å²) in [5.74, 6) is 0. The molecule has 0 radical (unpaired) electrons. The molecule has 2 saturated heterocycles. The van der Waals surface area contributed by atoms with Crippen molar-refractivity contribution in [3.8, 4) is 0 Å². The van der Waals surface area contributed by atoms with E-state index >= 15 is 0 Å². The number of carbonyl (C=O) groups is 1. The quantitative estimate of drug-likeness (QED) is 0.707. The predicted octanol–water partition coefficient (Wildman–Crippen LogP) is 0.227. The SMILES string of the molecule is O=C(O)O.O=c1cc(N2CCOCC2)cnn1C1CCCNC1. The Labute approximate surface area is 133 Å². The van der Waals surface area contributed by atoms with Crippen LogP contribution in [0.1, 0.15) is 18.9 Å². The summed E-state index contributed by atoms with van der Waals surface area (Å²) < 4.78 is 6.94. The number of nitrogens with one attached hydrogen (secondary N) is 1. The number of hydrogen-bond donors (Lipinski definition) is 3. The van der Waals surface area contributed by atoms with Crippen LogP contribution in [-0.4, -0.2) is 65.5 Å². The Balaban J connectivity index is 0.000000433. The molecular formula is C14H22N4O5. The Morgan fingerprint density at radius 2 is 2.04 bits per heavy atom. The van der Waals surface area contributed by atoms with Gasteiger partial charge in [0.25, 0.3) is 5.56 Å². The second-order valence-electron chi connectivity index (χ2n) is 5.38. The summed E-state index contributed by atoms with van der Waals surface area (Å²) in [6, 6.07) is 1.90. The molecule has 2 aliphatic rings. The third kappa shape index (κ3) is 5.22. The summed E-state index contributed by atoms with van der Waals surface area (Å²) in [5.41, 5.74) is 0.908. The highest BCUT2D eigenvalue weighted by molar-refractivity contribution is 5.53. The first-order chi connectivity index (χ1) is 11.1. The van der Waals surface area contributed by atoms with E-state index in [0.29, 0.717) is 0 Å². The lowest BCUT2D eigenvalue weighted by molar-refractivity contribution is 0.122. The van der Waals surface area contributed by atoms with Crippen molar-refractivity contribution >= 4 is 11.8 Å². The van der Waals surface area contributed by atoms with Crippen LogP contribution >= 0.6 is 0 Å². The van der Waals surface area contributed by atoms with Gasteiger partial charge in [-0.3, -0.25) is 4.79 Å². The lowest BCUT2D eigenvalue weighted by atomic mass is 10.1. The maximum Gasteiger partial charge on any atom is 0.503 e. The first-order valence-electron chi connectivity index (χ1n) is 7.62. The molecule has 1 aromatic rings. The van der Waals surface area contributed by atoms with Gasteiger partial charge >= 0.3 is 6.16 Å². The lowest BCUT2D eigenvalue weighted by Gasteiger charge is -2.29. The highest BCUT2D eigenvalue weighted by atomic mass is 16.6. The molecule has 3 heterocycles. The number of morpholine rings is 1. The van der Waals surface area contributed by atoms with Crippen molar-refractivity contribution in [1.82, 2.24) is 15.1 Å². The van der Waals surface area contributed by atoms with E-state index in [9.17, 15) is 4.79 Å². The van der Waals surface area contributed by atoms with Crippen molar-refractivity contribution in [1.29, 1.82) is 0 Å². The van der Waals surface area contributed by atoms with Gasteiger partial charge in [0.05, 0.1) is 31.1 Å². The number of hydrogen-bond acceptors (Lipinski definition) is 6. The third-order valence-electron chi connectivity index (χ3n) is 3.80. The molecule has 0 aliphatic carbocycles. The van der Waals surface area contributed by atoms with E-state index in [2.05, 4.69) is 15.3 Å². The summed E-state index contributed by atoms with van der Waals surface area (Å²) in [7, 11) is 0. The zero-order valence-corrected chi connectivity index (χ0v) is 12.8. The summed E-state index contributed by atoms with van der Waals surface area (Å²) in [6.45, 7) is 4.97. The number of piperidine rings is 1. The standard InChI is InChI=1S/C13H20N4O2.CH2O3/c18-13-8-12(16-4-6-19-7-5-16)10-15-17(13)11-2-1-3-14-9-11;2-1(3)4/h8,10-11,14H,1-7,9H2;(H2,2,3,4). The van der Waals surface area contributed by atoms with Crippen LogP contribution in [0.15, 0.2) is 17.1 Å². The van der Waals surface area contributed by atoms with E-state index in [1.807, 2.05) is 0 Å². The van der Waals surface area contributed by atoms with E-state index in [-0.39, 0.29) is 11.6 Å². The molecule has 23 heavy (non-hydrogen) atoms. The highest BCUT2D eigenvalue weighted by Gasteiger charge is 2.18. The molecule has 3 N–H and O–H groups in total. The van der Waals surface area contributed by atoms with Crippen molar-refractivity contribution < 1.29 is 19.7 Å². The third-order valence-corrected chi connectivity index (χ3v) is 3.80. The van der Waals surface area contributed by atoms with E-state index in [0.717, 1.165) is 57.9 Å². The molecule has 0 amide bonds. The molecule has 0 saturated carbocycles. The number of anilines is 1. The normalized spacial score (nSPS) is 21.2. The second-order valence-corrected chi connectivity index (χ2v) is 5.38. The van der Waals surface area contributed by atoms with Gasteiger partial charge in [-0.1, -0.05) is 0 Å². The van der Waals surface area contributed by atoms with Gasteiger partial charge in [-0.25, -0.2) is 9.48 Å². The minimum absolute atomic E-state index is 0.00214. The summed E-state index contributed by atoms with van der Waals surface area (Å²) in [6.07, 6.45) is 2.10. The van der Waals surface area contributed by atoms with Gasteiger partial charge in [0, 0.05) is 25.7 Å². The average Bonchev–Trinajstić information content (AvgIpc) is 2.56. The Hall–Kier alpha value is -2.13. The van der Waals surface area contributed by atoms with Crippen molar-refractivity contribution in [2.45, 2.75) is 18.9 Å². The minimum atomic E-state index is -1.83. The van der Waals surface area contributed by atoms with Crippen LogP contribution in [0.4, 0.5) is 10.5 Å². The first-order valence-corrected chi connectivity index (χ1v) is 7.62. The molecule has 2 aliphatic heterocycles. The number of rotatable bonds is 2. The monoisotopic (exact) mass is 326 g/mol. The lowest BCUT2D eigenvalue weighted by Crippen LogP contribution is -2.40. The van der Waals surface area contributed by atoms with Gasteiger partial charge in [-0.2, -0.15) is 5.10 Å². The van der Waals surface area contributed by atoms with Crippen LogP contribution < -0.4 is 15.8 Å². The molecule has 3 rings (SSSR count). The molecule has 1 unspecified atom stereocenters. The van der Waals surface area contributed by atoms with E-state index in [1.54, 1.807) is 16.9 Å². The van der Waals surface area contributed by atoms with Crippen LogP contribution in [0, 0.1) is 0 Å². The fraction of sp³-hybridized carbons (Fsp3) is 0.643. The number of ether oxygens (including phenoxy) is 1. The zero-order valence-electron chi connectivity index (χ0n) is 12.8. The Morgan fingerprint density at radius 3 is 2.61 bits per heavy atom. The fourth-order valence-electron chi connectivity index (χ4n) is 2.72. The maximum atomic E-state index is 12.2. The van der Waals surface area contributed by atoms with Crippen molar-refractivity contribution in [3.05, 3.63) is 22.6 Å². The Bertz CT molecular complexity index is 561. The predicted molar refractivity (Wildman–Crippen MR) is 83.3 cm³/mol. The second kappa shape index (κ2) is 8.49. The molecule has 9 nitrogen and oxygen atoms in total. The van der Waals surface area contributed by atoms with Crippen LogP contribution in [-0.2, 0) is 4.74 Å². The molecule has 1 atom stereocenters. The van der Waals surface area contributed by atoms with Crippen molar-refractivity contribution in [2.24, 2.45) is 0 Å². The Kier molecular flexibility index (Phi) is 6.36. The summed E-state index contributed by atoms with van der Waals surface area (Å²) in [4.78, 5) is 22.9. The van der Waals surface area contributed by atoms with Gasteiger partial charge in [-0.05, 0) is 19.4 Å². The van der Waals surface area contributed by atoms with Gasteiger partial charge in [0.15, 0.2) is 0 Å². The molecule has 1 aromatic heterocycles. The molecule has 0 spiro atoms. The largest absolute Gasteiger partial charge is 0.503 e. The summed E-state index contributed by atoms with van der Waals surface area (Å²) >= 11 is 0. The fourth-order valence-corrected chi connectivity index (χ4v) is 2.72. The molecule has 128 valence electrons. The topological polar surface area (TPSA) is 117 Å². The van der Waals surface area contributed by atoms with Gasteiger partial charge < -0.3 is 25.2 Å². The van der Waals surface area contributed by atoms with E-state index in [4.69, 9.17) is 19.7 Å². The smallest absolute Gasteiger partial charge is 0.450 e. The average molecular weight is 326 g/mol. The first kappa shape index (κ1) is 17.2. The zero-order chi connectivity index (χ0) is 16.7. The Morgan fingerprint density at radius 1 is 1.35 bits per heavy atom. The molecular weight excluding hydrogens is 304 g/mol. The maximum absolute atomic E-state index is 12.2. The van der Waals surface area contributed by atoms with Gasteiger partial charge in [-0.15, -0.1) is 0 Å². The number of carboxylic acid groups (broad SMARTS) is 2. The number of aromatic nitrogens is 2. The van der Waals surface area contributed by atoms with Crippen LogP contribution in [0.5, 0.6) is 0 Å². The van der Waals surface area contributed by atoms with Crippen LogP contribution in [0.25, 0.3) is 0 Å². The van der Waals surface area contributed by atoms with E-state index < -0.39 is 6.16 Å². The van der Waals surface area contributed by atoms with Crippen LogP contribution in [0.3, 0.4) is 0 Å². The van der Waals surface area contributed by atoms with Crippen molar-refractivity contribution in [2.75, 3.05) is 44.3 Å².